The Balaban J connectivity index is 1.74. The number of thioether (sulfide) groups is 1. The third kappa shape index (κ3) is 3.57. The van der Waals surface area contributed by atoms with Gasteiger partial charge in [0.25, 0.3) is 0 Å². The standard InChI is InChI=1S/C15H22N6OS/c1-4-21-12(18-19-15(21)23-3)10-22-13-9-11(2)16-14(17-13)20-7-5-6-8-20/h9H,4-8,10H2,1-3H3. The Hall–Kier alpha value is -1.83. The second-order valence-electron chi connectivity index (χ2n) is 5.48. The average Bonchev–Trinajstić information content (AvgIpc) is 3.21. The molecule has 1 aliphatic heterocycles. The molecule has 1 fully saturated rings. The van der Waals surface area contributed by atoms with E-state index in [4.69, 9.17) is 4.74 Å². The molecular formula is C15H22N6OS. The van der Waals surface area contributed by atoms with Gasteiger partial charge in [0.1, 0.15) is 6.61 Å². The average molecular weight is 334 g/mol. The van der Waals surface area contributed by atoms with Crippen LogP contribution >= 0.6 is 11.8 Å². The van der Waals surface area contributed by atoms with Gasteiger partial charge < -0.3 is 14.2 Å². The van der Waals surface area contributed by atoms with Gasteiger partial charge in [-0.15, -0.1) is 10.2 Å². The van der Waals surface area contributed by atoms with Gasteiger partial charge >= 0.3 is 0 Å². The van der Waals surface area contributed by atoms with Crippen LogP contribution in [0.2, 0.25) is 0 Å². The summed E-state index contributed by atoms with van der Waals surface area (Å²) in [7, 11) is 0. The zero-order valence-electron chi connectivity index (χ0n) is 13.8. The van der Waals surface area contributed by atoms with Crippen molar-refractivity contribution in [2.24, 2.45) is 0 Å². The molecule has 0 saturated carbocycles. The second kappa shape index (κ2) is 7.16. The quantitative estimate of drug-likeness (QED) is 0.751. The third-order valence-electron chi connectivity index (χ3n) is 3.85. The number of anilines is 1. The highest BCUT2D eigenvalue weighted by molar-refractivity contribution is 7.98. The number of hydrogen-bond acceptors (Lipinski definition) is 7. The first kappa shape index (κ1) is 16.0. The van der Waals surface area contributed by atoms with Gasteiger partial charge in [-0.1, -0.05) is 11.8 Å². The maximum atomic E-state index is 5.86. The van der Waals surface area contributed by atoms with Gasteiger partial charge in [-0.2, -0.15) is 4.98 Å². The van der Waals surface area contributed by atoms with E-state index in [-0.39, 0.29) is 0 Å². The minimum Gasteiger partial charge on any atom is -0.469 e. The van der Waals surface area contributed by atoms with Crippen LogP contribution < -0.4 is 9.64 Å². The first-order chi connectivity index (χ1) is 11.2. The van der Waals surface area contributed by atoms with Crippen molar-refractivity contribution in [3.8, 4) is 5.88 Å². The molecular weight excluding hydrogens is 312 g/mol. The molecule has 124 valence electrons. The molecule has 0 aliphatic carbocycles. The summed E-state index contributed by atoms with van der Waals surface area (Å²) in [6.45, 7) is 7.26. The molecule has 0 bridgehead atoms. The Morgan fingerprint density at radius 1 is 1.22 bits per heavy atom. The predicted molar refractivity (Wildman–Crippen MR) is 90.0 cm³/mol. The molecule has 0 amide bonds. The molecule has 0 unspecified atom stereocenters. The largest absolute Gasteiger partial charge is 0.469 e. The summed E-state index contributed by atoms with van der Waals surface area (Å²) in [6.07, 6.45) is 4.39. The van der Waals surface area contributed by atoms with Crippen molar-refractivity contribution < 1.29 is 4.74 Å². The summed E-state index contributed by atoms with van der Waals surface area (Å²) in [5.41, 5.74) is 0.915. The highest BCUT2D eigenvalue weighted by atomic mass is 32.2. The Bertz CT molecular complexity index is 668. The maximum absolute atomic E-state index is 5.86. The monoisotopic (exact) mass is 334 g/mol. The second-order valence-corrected chi connectivity index (χ2v) is 6.25. The summed E-state index contributed by atoms with van der Waals surface area (Å²) < 4.78 is 7.92. The van der Waals surface area contributed by atoms with Gasteiger partial charge in [0, 0.05) is 31.4 Å². The summed E-state index contributed by atoms with van der Waals surface area (Å²) in [5, 5.41) is 9.28. The van der Waals surface area contributed by atoms with E-state index in [1.807, 2.05) is 19.2 Å². The van der Waals surface area contributed by atoms with Crippen LogP contribution in [0.5, 0.6) is 5.88 Å². The first-order valence-corrected chi connectivity index (χ1v) is 9.13. The minimum absolute atomic E-state index is 0.358. The van der Waals surface area contributed by atoms with Crippen molar-refractivity contribution in [3.63, 3.8) is 0 Å². The van der Waals surface area contributed by atoms with Crippen LogP contribution in [-0.4, -0.2) is 44.1 Å². The van der Waals surface area contributed by atoms with Crippen molar-refractivity contribution in [1.82, 2.24) is 24.7 Å². The highest BCUT2D eigenvalue weighted by Gasteiger charge is 2.17. The molecule has 0 radical (unpaired) electrons. The van der Waals surface area contributed by atoms with E-state index >= 15 is 0 Å². The predicted octanol–water partition coefficient (Wildman–Crippen LogP) is 2.30. The van der Waals surface area contributed by atoms with E-state index in [0.29, 0.717) is 12.5 Å². The van der Waals surface area contributed by atoms with Crippen molar-refractivity contribution in [1.29, 1.82) is 0 Å². The van der Waals surface area contributed by atoms with Crippen LogP contribution in [0.25, 0.3) is 0 Å². The van der Waals surface area contributed by atoms with Crippen molar-refractivity contribution in [2.75, 3.05) is 24.2 Å². The van der Waals surface area contributed by atoms with Crippen LogP contribution in [0, 0.1) is 6.92 Å². The smallest absolute Gasteiger partial charge is 0.228 e. The van der Waals surface area contributed by atoms with Crippen LogP contribution in [0.3, 0.4) is 0 Å². The number of hydrogen-bond donors (Lipinski definition) is 0. The summed E-state index contributed by atoms with van der Waals surface area (Å²) >= 11 is 1.59. The fourth-order valence-corrected chi connectivity index (χ4v) is 3.27. The number of aryl methyl sites for hydroxylation is 1. The van der Waals surface area contributed by atoms with Crippen molar-refractivity contribution >= 4 is 17.7 Å². The number of aromatic nitrogens is 5. The van der Waals surface area contributed by atoms with Crippen LogP contribution in [0.4, 0.5) is 5.95 Å². The van der Waals surface area contributed by atoms with Gasteiger partial charge in [-0.3, -0.25) is 0 Å². The summed E-state index contributed by atoms with van der Waals surface area (Å²) in [6, 6.07) is 1.86. The number of nitrogens with zero attached hydrogens (tertiary/aromatic N) is 6. The SMILES string of the molecule is CCn1c(COc2cc(C)nc(N3CCCC3)n2)nnc1SC. The van der Waals surface area contributed by atoms with Crippen LogP contribution in [0.1, 0.15) is 31.3 Å². The zero-order chi connectivity index (χ0) is 16.2. The third-order valence-corrected chi connectivity index (χ3v) is 4.52. The fourth-order valence-electron chi connectivity index (χ4n) is 2.69. The molecule has 0 aromatic carbocycles. The van der Waals surface area contributed by atoms with Crippen LogP contribution in [0.15, 0.2) is 11.2 Å². The van der Waals surface area contributed by atoms with E-state index in [0.717, 1.165) is 42.3 Å². The zero-order valence-corrected chi connectivity index (χ0v) is 14.6. The Morgan fingerprint density at radius 2 is 2.00 bits per heavy atom. The minimum atomic E-state index is 0.358. The topological polar surface area (TPSA) is 69.0 Å². The molecule has 23 heavy (non-hydrogen) atoms. The molecule has 8 heteroatoms. The molecule has 1 saturated heterocycles. The van der Waals surface area contributed by atoms with Crippen molar-refractivity contribution in [2.45, 2.75) is 45.0 Å². The normalized spacial score (nSPS) is 14.5. The molecule has 7 nitrogen and oxygen atoms in total. The molecule has 2 aromatic rings. The highest BCUT2D eigenvalue weighted by Crippen LogP contribution is 2.21. The lowest BCUT2D eigenvalue weighted by Gasteiger charge is -2.16. The lowest BCUT2D eigenvalue weighted by molar-refractivity contribution is 0.276. The molecule has 3 heterocycles. The molecule has 0 spiro atoms. The molecule has 1 aliphatic rings. The Kier molecular flexibility index (Phi) is 5.00. The first-order valence-electron chi connectivity index (χ1n) is 7.90. The van der Waals surface area contributed by atoms with Gasteiger partial charge in [0.2, 0.25) is 11.8 Å². The Labute approximate surface area is 140 Å². The van der Waals surface area contributed by atoms with Gasteiger partial charge in [-0.25, -0.2) is 4.98 Å². The van der Waals surface area contributed by atoms with Crippen molar-refractivity contribution in [3.05, 3.63) is 17.6 Å². The van der Waals surface area contributed by atoms with E-state index in [1.165, 1.54) is 12.8 Å². The lowest BCUT2D eigenvalue weighted by atomic mass is 10.4. The van der Waals surface area contributed by atoms with Gasteiger partial charge in [0.15, 0.2) is 11.0 Å². The van der Waals surface area contributed by atoms with E-state index in [1.54, 1.807) is 11.8 Å². The van der Waals surface area contributed by atoms with Gasteiger partial charge in [0.05, 0.1) is 0 Å². The number of ether oxygens (including phenoxy) is 1. The lowest BCUT2D eigenvalue weighted by Crippen LogP contribution is -2.21. The van der Waals surface area contributed by atoms with E-state index < -0.39 is 0 Å². The van der Waals surface area contributed by atoms with E-state index in [2.05, 4.69) is 36.6 Å². The molecule has 3 rings (SSSR count). The fraction of sp³-hybridized carbons (Fsp3) is 0.600. The summed E-state index contributed by atoms with van der Waals surface area (Å²) in [5.74, 6) is 2.17. The maximum Gasteiger partial charge on any atom is 0.228 e. The van der Waals surface area contributed by atoms with Gasteiger partial charge in [-0.05, 0) is 32.9 Å². The Morgan fingerprint density at radius 3 is 2.70 bits per heavy atom. The summed E-state index contributed by atoms with van der Waals surface area (Å²) in [4.78, 5) is 11.3. The molecule has 0 atom stereocenters. The van der Waals surface area contributed by atoms with Crippen LogP contribution in [-0.2, 0) is 13.2 Å². The molecule has 0 N–H and O–H groups in total. The number of rotatable bonds is 6. The molecule has 2 aromatic heterocycles. The van der Waals surface area contributed by atoms with E-state index in [9.17, 15) is 0 Å².